The molecule has 3 rings (SSSR count). The number of carbonyl (C=O) groups is 1. The van der Waals surface area contributed by atoms with E-state index >= 15 is 0 Å². The van der Waals surface area contributed by atoms with E-state index < -0.39 is 0 Å². The van der Waals surface area contributed by atoms with Crippen molar-refractivity contribution >= 4 is 34.1 Å². The molecular formula is C15H14N4OS. The Labute approximate surface area is 126 Å². The molecule has 0 bridgehead atoms. The van der Waals surface area contributed by atoms with Gasteiger partial charge in [-0.05, 0) is 18.4 Å². The second kappa shape index (κ2) is 5.97. The number of aromatic amines is 1. The highest BCUT2D eigenvalue weighted by molar-refractivity contribution is 8.00. The molecule has 5 nitrogen and oxygen atoms in total. The number of fused-ring (bicyclic) bond motifs is 1. The maximum absolute atomic E-state index is 12.3. The molecule has 1 heterocycles. The lowest BCUT2D eigenvalue weighted by Gasteiger charge is -2.12. The average Bonchev–Trinajstić information content (AvgIpc) is 3.00. The van der Waals surface area contributed by atoms with Gasteiger partial charge in [0, 0.05) is 11.1 Å². The highest BCUT2D eigenvalue weighted by atomic mass is 32.2. The number of thioether (sulfide) groups is 1. The average molecular weight is 298 g/mol. The summed E-state index contributed by atoms with van der Waals surface area (Å²) in [5.41, 5.74) is 0.822. The standard InChI is InChI=1S/C15H14N4OS/c1-10(21-15-16-9-17-19-15)14(20)18-13-8-4-6-11-5-2-3-7-12(11)13/h2-10H,1H3,(H,18,20)(H,16,17,19)/t10-/m0/s1. The summed E-state index contributed by atoms with van der Waals surface area (Å²) in [4.78, 5) is 16.3. The van der Waals surface area contributed by atoms with Gasteiger partial charge in [-0.1, -0.05) is 48.2 Å². The van der Waals surface area contributed by atoms with Crippen LogP contribution in [0.15, 0.2) is 53.9 Å². The Kier molecular flexibility index (Phi) is 3.87. The number of nitrogens with zero attached hydrogens (tertiary/aromatic N) is 2. The molecule has 1 amide bonds. The highest BCUT2D eigenvalue weighted by Gasteiger charge is 2.16. The molecule has 0 saturated heterocycles. The van der Waals surface area contributed by atoms with Crippen LogP contribution in [0.2, 0.25) is 0 Å². The van der Waals surface area contributed by atoms with E-state index in [-0.39, 0.29) is 11.2 Å². The molecule has 0 spiro atoms. The van der Waals surface area contributed by atoms with Crippen LogP contribution in [-0.4, -0.2) is 26.3 Å². The summed E-state index contributed by atoms with van der Waals surface area (Å²) in [5, 5.41) is 12.0. The summed E-state index contributed by atoms with van der Waals surface area (Å²) in [5.74, 6) is -0.0623. The van der Waals surface area contributed by atoms with Crippen molar-refractivity contribution in [3.63, 3.8) is 0 Å². The molecule has 0 aliphatic carbocycles. The fraction of sp³-hybridized carbons (Fsp3) is 0.133. The fourth-order valence-corrected chi connectivity index (χ4v) is 2.76. The lowest BCUT2D eigenvalue weighted by atomic mass is 10.1. The first-order chi connectivity index (χ1) is 10.2. The Bertz CT molecular complexity index is 752. The Hall–Kier alpha value is -2.34. The second-order valence-electron chi connectivity index (χ2n) is 4.57. The molecule has 1 aromatic heterocycles. The molecule has 0 radical (unpaired) electrons. The summed E-state index contributed by atoms with van der Waals surface area (Å²) in [7, 11) is 0. The molecule has 0 unspecified atom stereocenters. The Morgan fingerprint density at radius 1 is 1.24 bits per heavy atom. The molecular weight excluding hydrogens is 284 g/mol. The van der Waals surface area contributed by atoms with E-state index in [1.54, 1.807) is 0 Å². The molecule has 2 N–H and O–H groups in total. The van der Waals surface area contributed by atoms with Gasteiger partial charge in [-0.25, -0.2) is 4.98 Å². The summed E-state index contributed by atoms with van der Waals surface area (Å²) in [6, 6.07) is 13.8. The third-order valence-electron chi connectivity index (χ3n) is 3.10. The minimum Gasteiger partial charge on any atom is -0.325 e. The van der Waals surface area contributed by atoms with Crippen molar-refractivity contribution in [3.05, 3.63) is 48.8 Å². The van der Waals surface area contributed by atoms with Crippen LogP contribution in [0.4, 0.5) is 5.69 Å². The van der Waals surface area contributed by atoms with E-state index in [2.05, 4.69) is 20.5 Å². The predicted octanol–water partition coefficient (Wildman–Crippen LogP) is 3.08. The van der Waals surface area contributed by atoms with E-state index in [4.69, 9.17) is 0 Å². The number of carbonyl (C=O) groups excluding carboxylic acids is 1. The maximum Gasteiger partial charge on any atom is 0.237 e. The van der Waals surface area contributed by atoms with Gasteiger partial charge in [-0.2, -0.15) is 5.10 Å². The number of anilines is 1. The molecule has 0 aliphatic rings. The van der Waals surface area contributed by atoms with Gasteiger partial charge >= 0.3 is 0 Å². The molecule has 3 aromatic rings. The number of hydrogen-bond donors (Lipinski definition) is 2. The molecule has 0 aliphatic heterocycles. The quantitative estimate of drug-likeness (QED) is 0.726. The number of H-pyrrole nitrogens is 1. The van der Waals surface area contributed by atoms with Crippen molar-refractivity contribution < 1.29 is 4.79 Å². The van der Waals surface area contributed by atoms with Crippen molar-refractivity contribution in [3.8, 4) is 0 Å². The van der Waals surface area contributed by atoms with E-state index in [0.717, 1.165) is 16.5 Å². The summed E-state index contributed by atoms with van der Waals surface area (Å²) in [6.45, 7) is 1.84. The number of amides is 1. The first kappa shape index (κ1) is 13.6. The van der Waals surface area contributed by atoms with Crippen LogP contribution in [-0.2, 0) is 4.79 Å². The Morgan fingerprint density at radius 2 is 2.05 bits per heavy atom. The maximum atomic E-state index is 12.3. The molecule has 21 heavy (non-hydrogen) atoms. The van der Waals surface area contributed by atoms with Crippen molar-refractivity contribution in [2.75, 3.05) is 5.32 Å². The van der Waals surface area contributed by atoms with E-state index in [9.17, 15) is 4.79 Å². The molecule has 0 fully saturated rings. The van der Waals surface area contributed by atoms with Crippen LogP contribution in [0.5, 0.6) is 0 Å². The molecule has 0 saturated carbocycles. The number of nitrogens with one attached hydrogen (secondary N) is 2. The Balaban J connectivity index is 1.77. The second-order valence-corrected chi connectivity index (χ2v) is 5.90. The number of aromatic nitrogens is 3. The zero-order valence-electron chi connectivity index (χ0n) is 11.4. The largest absolute Gasteiger partial charge is 0.325 e. The van der Waals surface area contributed by atoms with Crippen LogP contribution in [0.1, 0.15) is 6.92 Å². The van der Waals surface area contributed by atoms with Crippen LogP contribution >= 0.6 is 11.8 Å². The van der Waals surface area contributed by atoms with E-state index in [1.807, 2.05) is 49.4 Å². The van der Waals surface area contributed by atoms with Crippen molar-refractivity contribution in [2.24, 2.45) is 0 Å². The number of benzene rings is 2. The van der Waals surface area contributed by atoms with Crippen molar-refractivity contribution in [1.29, 1.82) is 0 Å². The van der Waals surface area contributed by atoms with Crippen LogP contribution in [0.25, 0.3) is 10.8 Å². The van der Waals surface area contributed by atoms with Crippen molar-refractivity contribution in [2.45, 2.75) is 17.3 Å². The summed E-state index contributed by atoms with van der Waals surface area (Å²) < 4.78 is 0. The minimum absolute atomic E-state index is 0.0623. The van der Waals surface area contributed by atoms with Crippen LogP contribution < -0.4 is 5.32 Å². The summed E-state index contributed by atoms with van der Waals surface area (Å²) in [6.07, 6.45) is 1.43. The molecule has 6 heteroatoms. The third kappa shape index (κ3) is 3.05. The SMILES string of the molecule is C[C@H](Sc1ncn[nH]1)C(=O)Nc1cccc2ccccc12. The van der Waals surface area contributed by atoms with Gasteiger partial charge in [0.25, 0.3) is 0 Å². The molecule has 1 atom stereocenters. The van der Waals surface area contributed by atoms with Gasteiger partial charge in [0.15, 0.2) is 5.16 Å². The lowest BCUT2D eigenvalue weighted by molar-refractivity contribution is -0.115. The highest BCUT2D eigenvalue weighted by Crippen LogP contribution is 2.25. The van der Waals surface area contributed by atoms with Gasteiger partial charge in [0.05, 0.1) is 5.25 Å². The van der Waals surface area contributed by atoms with Gasteiger partial charge < -0.3 is 5.32 Å². The van der Waals surface area contributed by atoms with Crippen LogP contribution in [0, 0.1) is 0 Å². The zero-order chi connectivity index (χ0) is 14.7. The Morgan fingerprint density at radius 3 is 2.86 bits per heavy atom. The fourth-order valence-electron chi connectivity index (χ4n) is 2.04. The van der Waals surface area contributed by atoms with Gasteiger partial charge in [0.2, 0.25) is 5.91 Å². The smallest absolute Gasteiger partial charge is 0.237 e. The first-order valence-corrected chi connectivity index (χ1v) is 7.42. The van der Waals surface area contributed by atoms with E-state index in [0.29, 0.717) is 5.16 Å². The predicted molar refractivity (Wildman–Crippen MR) is 84.3 cm³/mol. The van der Waals surface area contributed by atoms with Gasteiger partial charge in [-0.3, -0.25) is 9.89 Å². The van der Waals surface area contributed by atoms with Crippen molar-refractivity contribution in [1.82, 2.24) is 15.2 Å². The summed E-state index contributed by atoms with van der Waals surface area (Å²) >= 11 is 1.34. The molecule has 2 aromatic carbocycles. The van der Waals surface area contributed by atoms with Gasteiger partial charge in [0.1, 0.15) is 6.33 Å². The zero-order valence-corrected chi connectivity index (χ0v) is 12.2. The minimum atomic E-state index is -0.267. The van der Waals surface area contributed by atoms with Crippen LogP contribution in [0.3, 0.4) is 0 Å². The topological polar surface area (TPSA) is 70.7 Å². The first-order valence-electron chi connectivity index (χ1n) is 6.54. The third-order valence-corrected chi connectivity index (χ3v) is 4.09. The molecule has 106 valence electrons. The number of rotatable bonds is 4. The lowest BCUT2D eigenvalue weighted by Crippen LogP contribution is -2.22. The number of hydrogen-bond acceptors (Lipinski definition) is 4. The monoisotopic (exact) mass is 298 g/mol. The van der Waals surface area contributed by atoms with E-state index in [1.165, 1.54) is 18.1 Å². The van der Waals surface area contributed by atoms with Gasteiger partial charge in [-0.15, -0.1) is 0 Å². The normalized spacial score (nSPS) is 12.2.